The van der Waals surface area contributed by atoms with Crippen LogP contribution in [-0.4, -0.2) is 56.2 Å². The lowest BCUT2D eigenvalue weighted by atomic mass is 9.92. The first-order valence-corrected chi connectivity index (χ1v) is 9.06. The van der Waals surface area contributed by atoms with E-state index in [1.54, 1.807) is 24.3 Å². The third-order valence-electron chi connectivity index (χ3n) is 5.07. The van der Waals surface area contributed by atoms with Crippen molar-refractivity contribution in [1.29, 1.82) is 0 Å². The molecular weight excluding hydrogens is 362 g/mol. The molecule has 0 atom stereocenters. The average Bonchev–Trinajstić information content (AvgIpc) is 3.15. The van der Waals surface area contributed by atoms with Gasteiger partial charge in [0.15, 0.2) is 5.65 Å². The Morgan fingerprint density at radius 3 is 2.89 bits per heavy atom. The van der Waals surface area contributed by atoms with Crippen molar-refractivity contribution < 1.29 is 14.6 Å². The quantitative estimate of drug-likeness (QED) is 0.631. The van der Waals surface area contributed by atoms with Crippen molar-refractivity contribution in [3.8, 4) is 5.69 Å². The summed E-state index contributed by atoms with van der Waals surface area (Å²) in [7, 11) is 1.32. The molecule has 0 radical (unpaired) electrons. The second-order valence-electron chi connectivity index (χ2n) is 6.99. The molecule has 1 aliphatic heterocycles. The molecule has 0 aliphatic carbocycles. The standard InChI is InChI=1S/C19H21N5O4/c1-28-18(26)13-3-2-4-14(9-13)24-16-15(10-22-24)17(25)23(12-21-16)11-19(27)5-7-20-8-6-19/h2-4,9-10,12,20,27H,5-8,11H2,1H3. The van der Waals surface area contributed by atoms with Crippen LogP contribution in [0.2, 0.25) is 0 Å². The van der Waals surface area contributed by atoms with Crippen LogP contribution in [0, 0.1) is 0 Å². The molecule has 28 heavy (non-hydrogen) atoms. The van der Waals surface area contributed by atoms with Gasteiger partial charge < -0.3 is 15.2 Å². The number of piperidine rings is 1. The van der Waals surface area contributed by atoms with E-state index in [1.165, 1.54) is 28.9 Å². The second kappa shape index (κ2) is 7.17. The number of carbonyl (C=O) groups is 1. The van der Waals surface area contributed by atoms with Crippen molar-refractivity contribution in [1.82, 2.24) is 24.6 Å². The van der Waals surface area contributed by atoms with Gasteiger partial charge in [0.1, 0.15) is 11.7 Å². The molecule has 0 spiro atoms. The van der Waals surface area contributed by atoms with E-state index in [2.05, 4.69) is 15.4 Å². The summed E-state index contributed by atoms with van der Waals surface area (Å²) in [6.45, 7) is 1.63. The molecule has 1 saturated heterocycles. The van der Waals surface area contributed by atoms with E-state index in [0.29, 0.717) is 35.1 Å². The number of aromatic nitrogens is 4. The highest BCUT2D eigenvalue weighted by molar-refractivity contribution is 5.90. The van der Waals surface area contributed by atoms with Crippen LogP contribution in [-0.2, 0) is 11.3 Å². The molecule has 1 aromatic carbocycles. The number of benzene rings is 1. The monoisotopic (exact) mass is 383 g/mol. The van der Waals surface area contributed by atoms with Crippen molar-refractivity contribution in [2.24, 2.45) is 0 Å². The van der Waals surface area contributed by atoms with E-state index in [1.807, 2.05) is 0 Å². The summed E-state index contributed by atoms with van der Waals surface area (Å²) in [5.74, 6) is -0.455. The first-order chi connectivity index (χ1) is 13.5. The normalized spacial score (nSPS) is 16.2. The van der Waals surface area contributed by atoms with Gasteiger partial charge in [-0.15, -0.1) is 0 Å². The molecule has 3 aromatic rings. The van der Waals surface area contributed by atoms with Gasteiger partial charge in [0.2, 0.25) is 0 Å². The Labute approximate surface area is 160 Å². The Balaban J connectivity index is 1.71. The number of hydrogen-bond donors (Lipinski definition) is 2. The number of carbonyl (C=O) groups excluding carboxylic acids is 1. The first kappa shape index (κ1) is 18.3. The molecule has 3 heterocycles. The zero-order valence-electron chi connectivity index (χ0n) is 15.5. The maximum atomic E-state index is 12.9. The molecule has 9 nitrogen and oxygen atoms in total. The van der Waals surface area contributed by atoms with E-state index >= 15 is 0 Å². The minimum atomic E-state index is -0.921. The number of nitrogens with one attached hydrogen (secondary N) is 1. The fourth-order valence-electron chi connectivity index (χ4n) is 3.50. The SMILES string of the molecule is COC(=O)c1cccc(-n2ncc3c(=O)n(CC4(O)CCNCC4)cnc32)c1. The van der Waals surface area contributed by atoms with Gasteiger partial charge in [-0.25, -0.2) is 14.5 Å². The predicted octanol–water partition coefficient (Wildman–Crippen LogP) is 0.483. The topological polar surface area (TPSA) is 111 Å². The largest absolute Gasteiger partial charge is 0.465 e. The summed E-state index contributed by atoms with van der Waals surface area (Å²) in [5.41, 5.74) is 0.187. The zero-order valence-corrected chi connectivity index (χ0v) is 15.5. The molecule has 0 unspecified atom stereocenters. The fraction of sp³-hybridized carbons (Fsp3) is 0.368. The van der Waals surface area contributed by atoms with E-state index < -0.39 is 11.6 Å². The third kappa shape index (κ3) is 3.30. The second-order valence-corrected chi connectivity index (χ2v) is 6.99. The van der Waals surface area contributed by atoms with E-state index in [-0.39, 0.29) is 12.1 Å². The van der Waals surface area contributed by atoms with Gasteiger partial charge >= 0.3 is 5.97 Å². The van der Waals surface area contributed by atoms with Crippen molar-refractivity contribution in [2.45, 2.75) is 25.0 Å². The number of nitrogens with zero attached hydrogens (tertiary/aromatic N) is 4. The lowest BCUT2D eigenvalue weighted by Crippen LogP contribution is -2.46. The van der Waals surface area contributed by atoms with Crippen LogP contribution in [0.15, 0.2) is 41.6 Å². The Bertz CT molecular complexity index is 1080. The van der Waals surface area contributed by atoms with Gasteiger partial charge in [0, 0.05) is 0 Å². The summed E-state index contributed by atoms with van der Waals surface area (Å²) >= 11 is 0. The smallest absolute Gasteiger partial charge is 0.337 e. The van der Waals surface area contributed by atoms with Crippen molar-refractivity contribution >= 4 is 17.0 Å². The lowest BCUT2D eigenvalue weighted by Gasteiger charge is -2.32. The van der Waals surface area contributed by atoms with Gasteiger partial charge in [-0.3, -0.25) is 9.36 Å². The summed E-state index contributed by atoms with van der Waals surface area (Å²) in [4.78, 5) is 29.0. The zero-order chi connectivity index (χ0) is 19.7. The Morgan fingerprint density at radius 2 is 2.14 bits per heavy atom. The number of fused-ring (bicyclic) bond motifs is 1. The van der Waals surface area contributed by atoms with E-state index in [0.717, 1.165) is 13.1 Å². The number of ether oxygens (including phenoxy) is 1. The molecule has 2 aromatic heterocycles. The van der Waals surface area contributed by atoms with Crippen LogP contribution in [0.4, 0.5) is 0 Å². The van der Waals surface area contributed by atoms with Gasteiger partial charge in [-0.2, -0.15) is 5.10 Å². The Kier molecular flexibility index (Phi) is 4.70. The minimum Gasteiger partial charge on any atom is -0.465 e. The number of hydrogen-bond acceptors (Lipinski definition) is 7. The number of esters is 1. The summed E-state index contributed by atoms with van der Waals surface area (Å²) in [6.07, 6.45) is 4.06. The van der Waals surface area contributed by atoms with Gasteiger partial charge in [0.25, 0.3) is 5.56 Å². The number of methoxy groups -OCH3 is 1. The molecular formula is C19H21N5O4. The predicted molar refractivity (Wildman–Crippen MR) is 102 cm³/mol. The molecule has 0 bridgehead atoms. The van der Waals surface area contributed by atoms with Gasteiger partial charge in [-0.05, 0) is 44.1 Å². The highest BCUT2D eigenvalue weighted by Gasteiger charge is 2.30. The summed E-state index contributed by atoms with van der Waals surface area (Å²) in [5, 5.41) is 18.5. The van der Waals surface area contributed by atoms with Crippen LogP contribution in [0.1, 0.15) is 23.2 Å². The molecule has 4 rings (SSSR count). The highest BCUT2D eigenvalue weighted by Crippen LogP contribution is 2.20. The molecule has 0 amide bonds. The lowest BCUT2D eigenvalue weighted by molar-refractivity contribution is -0.00628. The number of aliphatic hydroxyl groups is 1. The molecule has 9 heteroatoms. The van der Waals surface area contributed by atoms with Crippen molar-refractivity contribution in [3.05, 3.63) is 52.7 Å². The van der Waals surface area contributed by atoms with Crippen LogP contribution in [0.5, 0.6) is 0 Å². The first-order valence-electron chi connectivity index (χ1n) is 9.06. The summed E-state index contributed by atoms with van der Waals surface area (Å²) in [6, 6.07) is 6.75. The van der Waals surface area contributed by atoms with Crippen LogP contribution in [0.3, 0.4) is 0 Å². The van der Waals surface area contributed by atoms with Crippen LogP contribution in [0.25, 0.3) is 16.7 Å². The molecule has 2 N–H and O–H groups in total. The van der Waals surface area contributed by atoms with E-state index in [9.17, 15) is 14.7 Å². The maximum absolute atomic E-state index is 12.9. The molecule has 146 valence electrons. The average molecular weight is 383 g/mol. The Morgan fingerprint density at radius 1 is 1.36 bits per heavy atom. The highest BCUT2D eigenvalue weighted by atomic mass is 16.5. The number of rotatable bonds is 4. The summed E-state index contributed by atoms with van der Waals surface area (Å²) < 4.78 is 7.69. The van der Waals surface area contributed by atoms with Crippen molar-refractivity contribution in [2.75, 3.05) is 20.2 Å². The van der Waals surface area contributed by atoms with E-state index in [4.69, 9.17) is 4.74 Å². The maximum Gasteiger partial charge on any atom is 0.337 e. The van der Waals surface area contributed by atoms with Crippen LogP contribution < -0.4 is 10.9 Å². The fourth-order valence-corrected chi connectivity index (χ4v) is 3.50. The van der Waals surface area contributed by atoms with Crippen LogP contribution >= 0.6 is 0 Å². The Hall–Kier alpha value is -3.04. The minimum absolute atomic E-state index is 0.194. The molecule has 1 aliphatic rings. The van der Waals surface area contributed by atoms with Gasteiger partial charge in [0.05, 0.1) is 36.7 Å². The molecule has 1 fully saturated rings. The van der Waals surface area contributed by atoms with Gasteiger partial charge in [-0.1, -0.05) is 6.07 Å². The molecule has 0 saturated carbocycles. The van der Waals surface area contributed by atoms with Crippen molar-refractivity contribution in [3.63, 3.8) is 0 Å². The third-order valence-corrected chi connectivity index (χ3v) is 5.07.